The summed E-state index contributed by atoms with van der Waals surface area (Å²) in [6.45, 7) is 5.20. The molecule has 1 aliphatic rings. The molecule has 1 aromatic carbocycles. The Bertz CT molecular complexity index is 1020. The minimum absolute atomic E-state index is 0.00319. The van der Waals surface area contributed by atoms with Gasteiger partial charge in [-0.1, -0.05) is 18.2 Å². The van der Waals surface area contributed by atoms with Crippen molar-refractivity contribution in [1.29, 1.82) is 0 Å². The van der Waals surface area contributed by atoms with Gasteiger partial charge in [-0.3, -0.25) is 4.79 Å². The van der Waals surface area contributed by atoms with Crippen molar-refractivity contribution in [2.75, 3.05) is 0 Å². The topological polar surface area (TPSA) is 101 Å². The number of nitrogens with zero attached hydrogens (tertiary/aromatic N) is 2. The number of aromatic nitrogens is 2. The van der Waals surface area contributed by atoms with Crippen LogP contribution in [0.3, 0.4) is 0 Å². The van der Waals surface area contributed by atoms with Crippen LogP contribution in [0.2, 0.25) is 0 Å². The average molecular weight is 431 g/mol. The number of carbonyl (C=O) groups is 2. The van der Waals surface area contributed by atoms with Gasteiger partial charge in [0.1, 0.15) is 11.4 Å². The van der Waals surface area contributed by atoms with Gasteiger partial charge in [-0.05, 0) is 51.3 Å². The largest absolute Gasteiger partial charge is 0.481 e. The Kier molecular flexibility index (Phi) is 6.06. The number of alkyl carbamates (subject to hydrolysis) is 1. The minimum Gasteiger partial charge on any atom is -0.481 e. The number of rotatable bonds is 5. The Morgan fingerprint density at radius 3 is 2.55 bits per heavy atom. The van der Waals surface area contributed by atoms with Gasteiger partial charge in [-0.25, -0.2) is 23.5 Å². The zero-order chi connectivity index (χ0) is 22.8. The lowest BCUT2D eigenvalue weighted by molar-refractivity contribution is -0.146. The molecule has 31 heavy (non-hydrogen) atoms. The van der Waals surface area contributed by atoms with Crippen LogP contribution in [0.4, 0.5) is 13.6 Å². The molecule has 1 aliphatic carbocycles. The monoisotopic (exact) mass is 431 g/mol. The molecule has 2 N–H and O–H groups in total. The molecule has 0 unspecified atom stereocenters. The zero-order valence-corrected chi connectivity index (χ0v) is 17.4. The van der Waals surface area contributed by atoms with E-state index in [0.29, 0.717) is 5.56 Å². The zero-order valence-electron chi connectivity index (χ0n) is 17.4. The summed E-state index contributed by atoms with van der Waals surface area (Å²) in [7, 11) is 0. The normalized spacial score (nSPS) is 20.5. The molecule has 9 heteroatoms. The maximum absolute atomic E-state index is 14.3. The van der Waals surface area contributed by atoms with Crippen molar-refractivity contribution in [3.8, 4) is 11.4 Å². The van der Waals surface area contributed by atoms with Crippen LogP contribution in [-0.4, -0.2) is 38.8 Å². The Labute approximate surface area is 178 Å². The van der Waals surface area contributed by atoms with E-state index in [9.17, 15) is 23.5 Å². The predicted molar refractivity (Wildman–Crippen MR) is 108 cm³/mol. The van der Waals surface area contributed by atoms with Crippen LogP contribution in [-0.2, 0) is 16.0 Å². The molecule has 1 heterocycles. The molecule has 2 atom stereocenters. The lowest BCUT2D eigenvalue weighted by Gasteiger charge is -2.25. The van der Waals surface area contributed by atoms with Gasteiger partial charge < -0.3 is 15.2 Å². The van der Waals surface area contributed by atoms with E-state index in [4.69, 9.17) is 4.74 Å². The third-order valence-corrected chi connectivity index (χ3v) is 4.77. The molecule has 2 aromatic rings. The molecule has 0 fully saturated rings. The van der Waals surface area contributed by atoms with Gasteiger partial charge in [0.25, 0.3) is 0 Å². The number of ether oxygens (including phenoxy) is 1. The van der Waals surface area contributed by atoms with Crippen molar-refractivity contribution in [2.45, 2.75) is 45.3 Å². The summed E-state index contributed by atoms with van der Waals surface area (Å²) in [6, 6.07) is 3.61. The summed E-state index contributed by atoms with van der Waals surface area (Å²) in [4.78, 5) is 31.7. The SMILES string of the molecule is CC(C)(C)OC(=O)N[C@H]1C=C[C@](Cc2ccc(F)c(-c3ncc(F)cn3)c2)(C(=O)O)C1. The van der Waals surface area contributed by atoms with Crippen molar-refractivity contribution in [2.24, 2.45) is 5.41 Å². The second kappa shape index (κ2) is 8.41. The van der Waals surface area contributed by atoms with Crippen LogP contribution < -0.4 is 5.32 Å². The minimum atomic E-state index is -1.29. The standard InChI is InChI=1S/C22H23F2N3O4/c1-21(2,3)31-20(30)27-15-6-7-22(10-15,19(28)29)9-13-4-5-17(24)16(8-13)18-25-11-14(23)12-26-18/h4-8,11-12,15H,9-10H2,1-3H3,(H,27,30)(H,28,29)/t15-,22+/m0/s1. The van der Waals surface area contributed by atoms with Crippen LogP contribution in [0.5, 0.6) is 0 Å². The van der Waals surface area contributed by atoms with Crippen LogP contribution in [0.15, 0.2) is 42.7 Å². The Balaban J connectivity index is 1.79. The fourth-order valence-corrected chi connectivity index (χ4v) is 3.42. The highest BCUT2D eigenvalue weighted by atomic mass is 19.1. The second-order valence-corrected chi connectivity index (χ2v) is 8.49. The first kappa shape index (κ1) is 22.3. The highest BCUT2D eigenvalue weighted by Gasteiger charge is 2.42. The molecule has 0 bridgehead atoms. The van der Waals surface area contributed by atoms with E-state index in [1.165, 1.54) is 24.3 Å². The molecule has 7 nitrogen and oxygen atoms in total. The van der Waals surface area contributed by atoms with Crippen molar-refractivity contribution in [3.63, 3.8) is 0 Å². The van der Waals surface area contributed by atoms with E-state index in [0.717, 1.165) is 12.4 Å². The van der Waals surface area contributed by atoms with E-state index in [2.05, 4.69) is 15.3 Å². The first-order valence-electron chi connectivity index (χ1n) is 9.66. The number of carbonyl (C=O) groups excluding carboxylic acids is 1. The number of benzene rings is 1. The fraction of sp³-hybridized carbons (Fsp3) is 0.364. The van der Waals surface area contributed by atoms with Crippen molar-refractivity contribution in [3.05, 3.63) is 59.9 Å². The summed E-state index contributed by atoms with van der Waals surface area (Å²) < 4.78 is 32.6. The number of carboxylic acids is 1. The molecular weight excluding hydrogens is 408 g/mol. The molecule has 0 aliphatic heterocycles. The summed E-state index contributed by atoms with van der Waals surface area (Å²) >= 11 is 0. The molecule has 0 radical (unpaired) electrons. The number of aliphatic carboxylic acids is 1. The number of hydrogen-bond donors (Lipinski definition) is 2. The van der Waals surface area contributed by atoms with Crippen LogP contribution in [0.25, 0.3) is 11.4 Å². The number of amides is 1. The van der Waals surface area contributed by atoms with Crippen molar-refractivity contribution < 1.29 is 28.2 Å². The van der Waals surface area contributed by atoms with Crippen molar-refractivity contribution >= 4 is 12.1 Å². The number of nitrogens with one attached hydrogen (secondary N) is 1. The van der Waals surface area contributed by atoms with E-state index in [-0.39, 0.29) is 24.2 Å². The molecule has 0 saturated carbocycles. The van der Waals surface area contributed by atoms with Gasteiger partial charge in [0.2, 0.25) is 0 Å². The first-order valence-corrected chi connectivity index (χ1v) is 9.66. The van der Waals surface area contributed by atoms with E-state index in [1.54, 1.807) is 26.8 Å². The Hall–Kier alpha value is -3.36. The van der Waals surface area contributed by atoms with Gasteiger partial charge in [0, 0.05) is 0 Å². The Morgan fingerprint density at radius 1 is 1.26 bits per heavy atom. The van der Waals surface area contributed by atoms with Crippen LogP contribution in [0.1, 0.15) is 32.8 Å². The fourth-order valence-electron chi connectivity index (χ4n) is 3.42. The number of halogens is 2. The van der Waals surface area contributed by atoms with E-state index in [1.807, 2.05) is 0 Å². The van der Waals surface area contributed by atoms with E-state index < -0.39 is 40.8 Å². The number of hydrogen-bond acceptors (Lipinski definition) is 5. The first-order chi connectivity index (χ1) is 14.5. The van der Waals surface area contributed by atoms with Gasteiger partial charge >= 0.3 is 12.1 Å². The molecule has 0 spiro atoms. The molecule has 1 amide bonds. The Morgan fingerprint density at radius 2 is 1.94 bits per heavy atom. The third kappa shape index (κ3) is 5.42. The quantitative estimate of drug-likeness (QED) is 0.697. The molecule has 0 saturated heterocycles. The third-order valence-electron chi connectivity index (χ3n) is 4.77. The van der Waals surface area contributed by atoms with Crippen molar-refractivity contribution in [1.82, 2.24) is 15.3 Å². The van der Waals surface area contributed by atoms with Crippen LogP contribution in [0, 0.1) is 17.0 Å². The summed E-state index contributed by atoms with van der Waals surface area (Å²) in [6.07, 6.45) is 4.54. The molecule has 164 valence electrons. The van der Waals surface area contributed by atoms with E-state index >= 15 is 0 Å². The van der Waals surface area contributed by atoms with Gasteiger partial charge in [0.15, 0.2) is 11.6 Å². The summed E-state index contributed by atoms with van der Waals surface area (Å²) in [5.74, 6) is -2.33. The maximum Gasteiger partial charge on any atom is 0.408 e. The predicted octanol–water partition coefficient (Wildman–Crippen LogP) is 3.89. The maximum atomic E-state index is 14.3. The van der Waals surface area contributed by atoms with Gasteiger partial charge in [0.05, 0.1) is 29.4 Å². The molecule has 1 aromatic heterocycles. The smallest absolute Gasteiger partial charge is 0.408 e. The highest BCUT2D eigenvalue weighted by Crippen LogP contribution is 2.37. The van der Waals surface area contributed by atoms with Gasteiger partial charge in [-0.2, -0.15) is 0 Å². The molecular formula is C22H23F2N3O4. The lowest BCUT2D eigenvalue weighted by Crippen LogP contribution is -2.40. The van der Waals surface area contributed by atoms with Crippen LogP contribution >= 0.6 is 0 Å². The lowest BCUT2D eigenvalue weighted by atomic mass is 9.80. The summed E-state index contributed by atoms with van der Waals surface area (Å²) in [5.41, 5.74) is -1.39. The second-order valence-electron chi connectivity index (χ2n) is 8.49. The highest BCUT2D eigenvalue weighted by molar-refractivity contribution is 5.79. The average Bonchev–Trinajstić information content (AvgIpc) is 3.06. The summed E-state index contributed by atoms with van der Waals surface area (Å²) in [5, 5.41) is 12.6. The number of carboxylic acid groups (broad SMARTS) is 1. The van der Waals surface area contributed by atoms with Gasteiger partial charge in [-0.15, -0.1) is 0 Å². The molecule has 3 rings (SSSR count).